The fourth-order valence-corrected chi connectivity index (χ4v) is 2.56. The molecule has 5 heteroatoms. The number of carbonyl (C=O) groups excluding carboxylic acids is 1. The van der Waals surface area contributed by atoms with E-state index in [1.807, 2.05) is 36.4 Å². The summed E-state index contributed by atoms with van der Waals surface area (Å²) in [4.78, 5) is 22.9. The first-order chi connectivity index (χ1) is 10.3. The van der Waals surface area contributed by atoms with E-state index < -0.39 is 0 Å². The Bertz CT molecular complexity index is 580. The second kappa shape index (κ2) is 6.35. The molecule has 2 heterocycles. The van der Waals surface area contributed by atoms with Gasteiger partial charge in [-0.3, -0.25) is 4.79 Å². The lowest BCUT2D eigenvalue weighted by molar-refractivity contribution is -0.120. The molecule has 1 aromatic carbocycles. The molecule has 0 atom stereocenters. The van der Waals surface area contributed by atoms with Crippen molar-refractivity contribution < 1.29 is 4.79 Å². The first-order valence-electron chi connectivity index (χ1n) is 7.21. The van der Waals surface area contributed by atoms with Crippen LogP contribution >= 0.6 is 0 Å². The molecule has 0 aliphatic carbocycles. The lowest BCUT2D eigenvalue weighted by atomic mass is 9.96. The second-order valence-electron chi connectivity index (χ2n) is 5.17. The number of nitrogens with one attached hydrogen (secondary N) is 1. The number of anilines is 2. The number of benzene rings is 1. The van der Waals surface area contributed by atoms with Gasteiger partial charge in [0, 0.05) is 37.1 Å². The van der Waals surface area contributed by atoms with Crippen molar-refractivity contribution in [2.75, 3.05) is 23.3 Å². The molecule has 1 aliphatic heterocycles. The highest BCUT2D eigenvalue weighted by Gasteiger charge is 2.25. The van der Waals surface area contributed by atoms with Crippen molar-refractivity contribution in [1.29, 1.82) is 0 Å². The summed E-state index contributed by atoms with van der Waals surface area (Å²) in [6.07, 6.45) is 5.15. The van der Waals surface area contributed by atoms with Crippen LogP contribution in [0.15, 0.2) is 48.8 Å². The molecule has 3 rings (SSSR count). The fraction of sp³-hybridized carbons (Fsp3) is 0.312. The fourth-order valence-electron chi connectivity index (χ4n) is 2.56. The smallest absolute Gasteiger partial charge is 0.227 e. The molecule has 2 aromatic rings. The van der Waals surface area contributed by atoms with Gasteiger partial charge in [-0.2, -0.15) is 0 Å². The zero-order valence-corrected chi connectivity index (χ0v) is 11.8. The van der Waals surface area contributed by atoms with Crippen LogP contribution in [0.3, 0.4) is 0 Å². The van der Waals surface area contributed by atoms with Gasteiger partial charge >= 0.3 is 0 Å². The topological polar surface area (TPSA) is 58.1 Å². The third-order valence-electron chi connectivity index (χ3n) is 3.74. The maximum atomic E-state index is 12.2. The highest BCUT2D eigenvalue weighted by atomic mass is 16.1. The number of para-hydroxylation sites is 1. The molecule has 108 valence electrons. The van der Waals surface area contributed by atoms with Crippen LogP contribution in [0.4, 0.5) is 11.6 Å². The number of piperidine rings is 1. The highest BCUT2D eigenvalue weighted by molar-refractivity contribution is 5.92. The van der Waals surface area contributed by atoms with E-state index >= 15 is 0 Å². The molecule has 1 aliphatic rings. The molecule has 1 N–H and O–H groups in total. The largest absolute Gasteiger partial charge is 0.341 e. The van der Waals surface area contributed by atoms with Crippen LogP contribution in [-0.4, -0.2) is 29.0 Å². The van der Waals surface area contributed by atoms with Crippen molar-refractivity contribution in [3.05, 3.63) is 48.8 Å². The molecule has 1 fully saturated rings. The van der Waals surface area contributed by atoms with Crippen LogP contribution in [-0.2, 0) is 4.79 Å². The van der Waals surface area contributed by atoms with E-state index in [1.54, 1.807) is 12.4 Å². The van der Waals surface area contributed by atoms with Gasteiger partial charge in [0.2, 0.25) is 11.9 Å². The van der Waals surface area contributed by atoms with Crippen LogP contribution in [0.5, 0.6) is 0 Å². The van der Waals surface area contributed by atoms with Crippen LogP contribution in [0.25, 0.3) is 0 Å². The Balaban J connectivity index is 1.55. The third kappa shape index (κ3) is 3.37. The monoisotopic (exact) mass is 282 g/mol. The number of amides is 1. The summed E-state index contributed by atoms with van der Waals surface area (Å²) in [7, 11) is 0. The van der Waals surface area contributed by atoms with Gasteiger partial charge in [-0.25, -0.2) is 9.97 Å². The molecular formula is C16H18N4O. The number of nitrogens with zero attached hydrogens (tertiary/aromatic N) is 3. The molecule has 0 spiro atoms. The third-order valence-corrected chi connectivity index (χ3v) is 3.74. The van der Waals surface area contributed by atoms with Crippen molar-refractivity contribution in [3.63, 3.8) is 0 Å². The molecule has 0 saturated carbocycles. The van der Waals surface area contributed by atoms with Crippen LogP contribution in [0.1, 0.15) is 12.8 Å². The van der Waals surface area contributed by atoms with Gasteiger partial charge in [-0.05, 0) is 31.0 Å². The Morgan fingerprint density at radius 1 is 1.05 bits per heavy atom. The molecule has 1 amide bonds. The first kappa shape index (κ1) is 13.5. The maximum absolute atomic E-state index is 12.2. The van der Waals surface area contributed by atoms with Crippen LogP contribution in [0, 0.1) is 5.92 Å². The molecule has 0 unspecified atom stereocenters. The first-order valence-corrected chi connectivity index (χ1v) is 7.21. The zero-order valence-electron chi connectivity index (χ0n) is 11.8. The van der Waals surface area contributed by atoms with Crippen molar-refractivity contribution in [2.45, 2.75) is 12.8 Å². The number of rotatable bonds is 3. The van der Waals surface area contributed by atoms with Crippen molar-refractivity contribution in [1.82, 2.24) is 9.97 Å². The molecule has 1 aromatic heterocycles. The predicted molar refractivity (Wildman–Crippen MR) is 82.0 cm³/mol. The van der Waals surface area contributed by atoms with Crippen molar-refractivity contribution >= 4 is 17.5 Å². The van der Waals surface area contributed by atoms with Gasteiger partial charge in [0.15, 0.2) is 0 Å². The Hall–Kier alpha value is -2.43. The Kier molecular flexibility index (Phi) is 4.09. The Morgan fingerprint density at radius 3 is 2.38 bits per heavy atom. The number of hydrogen-bond donors (Lipinski definition) is 1. The molecule has 21 heavy (non-hydrogen) atoms. The predicted octanol–water partition coefficient (Wildman–Crippen LogP) is 2.33. The van der Waals surface area contributed by atoms with Gasteiger partial charge in [0.25, 0.3) is 0 Å². The van der Waals surface area contributed by atoms with Gasteiger partial charge in [0.1, 0.15) is 0 Å². The van der Waals surface area contributed by atoms with Crippen LogP contribution < -0.4 is 10.2 Å². The van der Waals surface area contributed by atoms with E-state index in [1.165, 1.54) is 0 Å². The van der Waals surface area contributed by atoms with E-state index in [2.05, 4.69) is 20.2 Å². The van der Waals surface area contributed by atoms with Gasteiger partial charge in [-0.15, -0.1) is 0 Å². The normalized spacial score (nSPS) is 15.7. The van der Waals surface area contributed by atoms with Crippen molar-refractivity contribution in [3.8, 4) is 0 Å². The van der Waals surface area contributed by atoms with E-state index in [-0.39, 0.29) is 11.8 Å². The van der Waals surface area contributed by atoms with Crippen LogP contribution in [0.2, 0.25) is 0 Å². The minimum Gasteiger partial charge on any atom is -0.341 e. The summed E-state index contributed by atoms with van der Waals surface area (Å²) < 4.78 is 0. The summed E-state index contributed by atoms with van der Waals surface area (Å²) in [6.45, 7) is 1.63. The summed E-state index contributed by atoms with van der Waals surface area (Å²) in [5.41, 5.74) is 0.858. The lowest BCUT2D eigenvalue weighted by Gasteiger charge is -2.31. The molecule has 0 bridgehead atoms. The lowest BCUT2D eigenvalue weighted by Crippen LogP contribution is -2.38. The second-order valence-corrected chi connectivity index (χ2v) is 5.17. The summed E-state index contributed by atoms with van der Waals surface area (Å²) in [5, 5.41) is 2.98. The number of aromatic nitrogens is 2. The summed E-state index contributed by atoms with van der Waals surface area (Å²) >= 11 is 0. The quantitative estimate of drug-likeness (QED) is 0.938. The molecule has 0 radical (unpaired) electrons. The molecular weight excluding hydrogens is 264 g/mol. The number of hydrogen-bond acceptors (Lipinski definition) is 4. The Labute approximate surface area is 124 Å². The van der Waals surface area contributed by atoms with Gasteiger partial charge in [-0.1, -0.05) is 18.2 Å². The zero-order chi connectivity index (χ0) is 14.5. The number of carbonyl (C=O) groups is 1. The molecule has 1 saturated heterocycles. The minimum atomic E-state index is 0.0603. The minimum absolute atomic E-state index is 0.0603. The average molecular weight is 282 g/mol. The van der Waals surface area contributed by atoms with Crippen molar-refractivity contribution in [2.24, 2.45) is 5.92 Å². The Morgan fingerprint density at radius 2 is 1.71 bits per heavy atom. The van der Waals surface area contributed by atoms with E-state index in [0.717, 1.165) is 37.6 Å². The van der Waals surface area contributed by atoms with Gasteiger partial charge in [0.05, 0.1) is 0 Å². The summed E-state index contributed by atoms with van der Waals surface area (Å²) in [6, 6.07) is 11.4. The highest BCUT2D eigenvalue weighted by Crippen LogP contribution is 2.21. The summed E-state index contributed by atoms with van der Waals surface area (Å²) in [5.74, 6) is 0.916. The SMILES string of the molecule is O=C(Nc1ccccc1)C1CCN(c2ncccn2)CC1. The van der Waals surface area contributed by atoms with E-state index in [0.29, 0.717) is 0 Å². The van der Waals surface area contributed by atoms with E-state index in [9.17, 15) is 4.79 Å². The van der Waals surface area contributed by atoms with E-state index in [4.69, 9.17) is 0 Å². The maximum Gasteiger partial charge on any atom is 0.227 e. The standard InChI is InChI=1S/C16H18N4O/c21-15(19-14-5-2-1-3-6-14)13-7-11-20(12-8-13)16-17-9-4-10-18-16/h1-6,9-10,13H,7-8,11-12H2,(H,19,21). The average Bonchev–Trinajstić information content (AvgIpc) is 2.57. The molecule has 5 nitrogen and oxygen atoms in total. The van der Waals surface area contributed by atoms with Gasteiger partial charge < -0.3 is 10.2 Å².